The van der Waals surface area contributed by atoms with Crippen LogP contribution >= 0.6 is 0 Å². The zero-order chi connectivity index (χ0) is 20.1. The second-order valence-electron chi connectivity index (χ2n) is 6.57. The fourth-order valence-electron chi connectivity index (χ4n) is 2.44. The van der Waals surface area contributed by atoms with Crippen LogP contribution in [0.15, 0.2) is 0 Å². The molecule has 0 fully saturated rings. The summed E-state index contributed by atoms with van der Waals surface area (Å²) in [6.07, 6.45) is 16.8. The van der Waals surface area contributed by atoms with Gasteiger partial charge in [-0.1, -0.05) is 70.6 Å². The number of rotatable bonds is 19. The third-order valence-electron chi connectivity index (χ3n) is 3.99. The molecule has 0 atom stereocenters. The standard InChI is InChI=1S/C20H38O6S/c1-2-3-4-5-6-7-8-9-10-11-12-13-14-24-15-16-25-17-18-26-19-20-27(21,22)23/h2-12,15-20H2,1H3,(H,21,22,23). The molecule has 7 heteroatoms. The van der Waals surface area contributed by atoms with E-state index in [1.165, 1.54) is 57.8 Å². The summed E-state index contributed by atoms with van der Waals surface area (Å²) >= 11 is 0. The van der Waals surface area contributed by atoms with Gasteiger partial charge >= 0.3 is 0 Å². The Kier molecular flexibility index (Phi) is 19.3. The first-order valence-electron chi connectivity index (χ1n) is 10.3. The van der Waals surface area contributed by atoms with E-state index < -0.39 is 15.9 Å². The molecule has 0 heterocycles. The van der Waals surface area contributed by atoms with E-state index in [1.807, 2.05) is 0 Å². The Morgan fingerprint density at radius 3 is 1.85 bits per heavy atom. The second kappa shape index (κ2) is 19.9. The predicted octanol–water partition coefficient (Wildman–Crippen LogP) is 4.20. The maximum atomic E-state index is 10.4. The molecule has 0 aliphatic heterocycles. The first kappa shape index (κ1) is 26.2. The van der Waals surface area contributed by atoms with Crippen molar-refractivity contribution >= 4 is 10.1 Å². The third-order valence-corrected chi connectivity index (χ3v) is 4.67. The van der Waals surface area contributed by atoms with Crippen LogP contribution in [-0.4, -0.2) is 51.8 Å². The molecule has 27 heavy (non-hydrogen) atoms. The Hall–Kier alpha value is -0.810. The van der Waals surface area contributed by atoms with Gasteiger partial charge in [-0.2, -0.15) is 8.42 Å². The van der Waals surface area contributed by atoms with E-state index in [0.717, 1.165) is 12.8 Å². The molecule has 0 spiro atoms. The number of hydrogen-bond donors (Lipinski definition) is 1. The lowest BCUT2D eigenvalue weighted by Gasteiger charge is -2.04. The fourth-order valence-corrected chi connectivity index (χ4v) is 2.77. The minimum atomic E-state index is -3.95. The van der Waals surface area contributed by atoms with Crippen LogP contribution in [0.5, 0.6) is 0 Å². The maximum absolute atomic E-state index is 10.4. The zero-order valence-electron chi connectivity index (χ0n) is 16.9. The van der Waals surface area contributed by atoms with Crippen LogP contribution in [0.3, 0.4) is 0 Å². The van der Waals surface area contributed by atoms with Crippen molar-refractivity contribution in [2.75, 3.05) is 38.8 Å². The monoisotopic (exact) mass is 406 g/mol. The normalized spacial score (nSPS) is 11.2. The molecule has 0 bridgehead atoms. The van der Waals surface area contributed by atoms with E-state index in [2.05, 4.69) is 19.0 Å². The molecule has 0 aliphatic carbocycles. The van der Waals surface area contributed by atoms with Gasteiger partial charge in [-0.15, -0.1) is 0 Å². The van der Waals surface area contributed by atoms with Crippen LogP contribution in [0.4, 0.5) is 0 Å². The first-order chi connectivity index (χ1) is 13.1. The van der Waals surface area contributed by atoms with Gasteiger partial charge in [-0.25, -0.2) is 0 Å². The molecule has 0 aromatic carbocycles. The van der Waals surface area contributed by atoms with Crippen LogP contribution < -0.4 is 0 Å². The topological polar surface area (TPSA) is 82.1 Å². The van der Waals surface area contributed by atoms with Crippen molar-refractivity contribution in [3.8, 4) is 12.0 Å². The Labute approximate surface area is 166 Å². The summed E-state index contributed by atoms with van der Waals surface area (Å²) in [5.74, 6) is 2.61. The van der Waals surface area contributed by atoms with E-state index in [9.17, 15) is 8.42 Å². The molecule has 6 nitrogen and oxygen atoms in total. The van der Waals surface area contributed by atoms with E-state index in [4.69, 9.17) is 18.8 Å². The van der Waals surface area contributed by atoms with Gasteiger partial charge in [-0.05, 0) is 6.42 Å². The van der Waals surface area contributed by atoms with E-state index in [0.29, 0.717) is 19.8 Å². The SMILES string of the molecule is CCCCCCCCCCCCC#COCCOCCOCCS(=O)(=O)O. The molecule has 0 rings (SSSR count). The molecule has 0 aromatic rings. The van der Waals surface area contributed by atoms with Crippen molar-refractivity contribution in [3.63, 3.8) is 0 Å². The van der Waals surface area contributed by atoms with Gasteiger partial charge in [0.2, 0.25) is 0 Å². The van der Waals surface area contributed by atoms with Crippen LogP contribution in [-0.2, 0) is 24.3 Å². The Morgan fingerprint density at radius 2 is 1.26 bits per heavy atom. The maximum Gasteiger partial charge on any atom is 0.267 e. The molecular formula is C20H38O6S. The molecule has 0 unspecified atom stereocenters. The summed E-state index contributed by atoms with van der Waals surface area (Å²) in [5, 5.41) is 0. The summed E-state index contributed by atoms with van der Waals surface area (Å²) < 4.78 is 44.8. The Morgan fingerprint density at radius 1 is 0.741 bits per heavy atom. The molecule has 1 N–H and O–H groups in total. The lowest BCUT2D eigenvalue weighted by molar-refractivity contribution is 0.0369. The van der Waals surface area contributed by atoms with Gasteiger partial charge in [0, 0.05) is 6.42 Å². The van der Waals surface area contributed by atoms with E-state index >= 15 is 0 Å². The highest BCUT2D eigenvalue weighted by molar-refractivity contribution is 7.85. The Balaban J connectivity index is 3.16. The average Bonchev–Trinajstić information content (AvgIpc) is 2.62. The number of ether oxygens (including phenoxy) is 3. The van der Waals surface area contributed by atoms with Gasteiger partial charge in [0.1, 0.15) is 12.7 Å². The molecule has 0 aliphatic rings. The van der Waals surface area contributed by atoms with Crippen LogP contribution in [0, 0.1) is 12.0 Å². The molecule has 160 valence electrons. The molecule has 0 amide bonds. The molecule has 0 aromatic heterocycles. The Bertz CT molecular complexity index is 467. The van der Waals surface area contributed by atoms with Gasteiger partial charge < -0.3 is 14.2 Å². The van der Waals surface area contributed by atoms with Crippen molar-refractivity contribution in [3.05, 3.63) is 0 Å². The fraction of sp³-hybridized carbons (Fsp3) is 0.900. The third kappa shape index (κ3) is 25.2. The minimum absolute atomic E-state index is 0.0386. The molecular weight excluding hydrogens is 368 g/mol. The van der Waals surface area contributed by atoms with E-state index in [-0.39, 0.29) is 13.2 Å². The zero-order valence-corrected chi connectivity index (χ0v) is 17.7. The molecule has 0 saturated carbocycles. The second-order valence-corrected chi connectivity index (χ2v) is 8.14. The van der Waals surface area contributed by atoms with Crippen LogP contribution in [0.25, 0.3) is 0 Å². The highest BCUT2D eigenvalue weighted by Gasteiger charge is 2.02. The highest BCUT2D eigenvalue weighted by atomic mass is 32.2. The number of hydrogen-bond acceptors (Lipinski definition) is 5. The van der Waals surface area contributed by atoms with Crippen molar-refractivity contribution < 1.29 is 27.2 Å². The van der Waals surface area contributed by atoms with Crippen molar-refractivity contribution in [1.29, 1.82) is 0 Å². The summed E-state index contributed by atoms with van der Waals surface area (Å²) in [5.41, 5.74) is 0. The smallest absolute Gasteiger partial charge is 0.267 e. The lowest BCUT2D eigenvalue weighted by Crippen LogP contribution is -2.14. The summed E-state index contributed by atoms with van der Waals surface area (Å²) in [7, 11) is -3.95. The molecule has 0 saturated heterocycles. The number of unbranched alkanes of at least 4 members (excludes halogenated alkanes) is 10. The highest BCUT2D eigenvalue weighted by Crippen LogP contribution is 2.10. The van der Waals surface area contributed by atoms with Crippen LogP contribution in [0.1, 0.15) is 77.6 Å². The summed E-state index contributed by atoms with van der Waals surface area (Å²) in [6.45, 7) is 3.65. The predicted molar refractivity (Wildman–Crippen MR) is 108 cm³/mol. The average molecular weight is 407 g/mol. The van der Waals surface area contributed by atoms with Crippen molar-refractivity contribution in [2.24, 2.45) is 0 Å². The summed E-state index contributed by atoms with van der Waals surface area (Å²) in [6, 6.07) is 0. The van der Waals surface area contributed by atoms with Crippen molar-refractivity contribution in [2.45, 2.75) is 77.6 Å². The molecule has 0 radical (unpaired) electrons. The van der Waals surface area contributed by atoms with Gasteiger partial charge in [-0.3, -0.25) is 4.55 Å². The van der Waals surface area contributed by atoms with Crippen LogP contribution in [0.2, 0.25) is 0 Å². The van der Waals surface area contributed by atoms with E-state index in [1.54, 1.807) is 0 Å². The van der Waals surface area contributed by atoms with Crippen molar-refractivity contribution in [1.82, 2.24) is 0 Å². The van der Waals surface area contributed by atoms with Gasteiger partial charge in [0.05, 0.1) is 32.2 Å². The quantitative estimate of drug-likeness (QED) is 0.197. The lowest BCUT2D eigenvalue weighted by atomic mass is 10.1. The van der Waals surface area contributed by atoms with Gasteiger partial charge in [0.25, 0.3) is 10.1 Å². The largest absolute Gasteiger partial charge is 0.444 e. The summed E-state index contributed by atoms with van der Waals surface area (Å²) in [4.78, 5) is 0. The van der Waals surface area contributed by atoms with Gasteiger partial charge in [0.15, 0.2) is 0 Å². The minimum Gasteiger partial charge on any atom is -0.444 e. The first-order valence-corrected chi connectivity index (χ1v) is 11.9.